The minimum atomic E-state index is -0.526. The lowest BCUT2D eigenvalue weighted by Gasteiger charge is -2.10. The summed E-state index contributed by atoms with van der Waals surface area (Å²) >= 11 is 1.34. The van der Waals surface area contributed by atoms with Crippen molar-refractivity contribution in [3.05, 3.63) is 68.8 Å². The molecule has 0 spiro atoms. The highest BCUT2D eigenvalue weighted by Crippen LogP contribution is 2.42. The maximum atomic E-state index is 13.1. The normalized spacial score (nSPS) is 13.6. The van der Waals surface area contributed by atoms with Crippen molar-refractivity contribution >= 4 is 22.4 Å². The molecule has 0 saturated heterocycles. The summed E-state index contributed by atoms with van der Waals surface area (Å²) in [5.41, 5.74) is 0.594. The van der Waals surface area contributed by atoms with Gasteiger partial charge in [-0.05, 0) is 55.7 Å². The fourth-order valence-electron chi connectivity index (χ4n) is 2.65. The van der Waals surface area contributed by atoms with E-state index in [1.165, 1.54) is 40.2 Å². The lowest BCUT2D eigenvalue weighted by Crippen LogP contribution is -2.29. The van der Waals surface area contributed by atoms with Crippen LogP contribution in [0.2, 0.25) is 0 Å². The number of rotatable bonds is 4. The molecule has 8 heteroatoms. The van der Waals surface area contributed by atoms with Crippen molar-refractivity contribution in [1.82, 2.24) is 14.8 Å². The number of nitrogens with one attached hydrogen (secondary N) is 1. The van der Waals surface area contributed by atoms with E-state index in [2.05, 4.69) is 15.5 Å². The number of aryl methyl sites for hydroxylation is 1. The molecule has 4 rings (SSSR count). The van der Waals surface area contributed by atoms with Gasteiger partial charge in [-0.25, -0.2) is 4.39 Å². The monoisotopic (exact) mass is 370 g/mol. The van der Waals surface area contributed by atoms with E-state index in [4.69, 9.17) is 0 Å². The van der Waals surface area contributed by atoms with Gasteiger partial charge in [-0.15, -0.1) is 10.2 Å². The zero-order valence-corrected chi connectivity index (χ0v) is 14.7. The van der Waals surface area contributed by atoms with E-state index in [1.807, 2.05) is 0 Å². The van der Waals surface area contributed by atoms with Crippen LogP contribution in [0.3, 0.4) is 0 Å². The lowest BCUT2D eigenvalue weighted by molar-refractivity contribution is 0.102. The van der Waals surface area contributed by atoms with Gasteiger partial charge in [0.05, 0.1) is 0 Å². The molecule has 1 aliphatic carbocycles. The van der Waals surface area contributed by atoms with Crippen LogP contribution in [-0.4, -0.2) is 20.7 Å². The molecule has 3 aromatic rings. The summed E-state index contributed by atoms with van der Waals surface area (Å²) in [7, 11) is 0. The summed E-state index contributed by atoms with van der Waals surface area (Å²) in [4.78, 5) is 25.4. The predicted molar refractivity (Wildman–Crippen MR) is 96.6 cm³/mol. The highest BCUT2D eigenvalue weighted by Gasteiger charge is 2.28. The number of pyridine rings is 1. The second-order valence-electron chi connectivity index (χ2n) is 6.20. The molecule has 0 aliphatic heterocycles. The summed E-state index contributed by atoms with van der Waals surface area (Å²) in [6.45, 7) is 1.70. The lowest BCUT2D eigenvalue weighted by atomic mass is 10.1. The van der Waals surface area contributed by atoms with E-state index < -0.39 is 17.3 Å². The van der Waals surface area contributed by atoms with E-state index in [9.17, 15) is 14.0 Å². The van der Waals surface area contributed by atoms with E-state index in [0.717, 1.165) is 17.8 Å². The number of benzene rings is 1. The molecule has 0 unspecified atom stereocenters. The molecular formula is C18H15FN4O2S. The van der Waals surface area contributed by atoms with Gasteiger partial charge in [-0.2, -0.15) is 0 Å². The van der Waals surface area contributed by atoms with Gasteiger partial charge in [0.15, 0.2) is 0 Å². The minimum absolute atomic E-state index is 0.0278. The first-order valence-corrected chi connectivity index (χ1v) is 8.97. The molecule has 1 amide bonds. The van der Waals surface area contributed by atoms with Crippen LogP contribution in [0.1, 0.15) is 39.7 Å². The number of carbonyl (C=O) groups excluding carboxylic acids is 1. The van der Waals surface area contributed by atoms with Crippen LogP contribution in [0.15, 0.2) is 41.3 Å². The fraction of sp³-hybridized carbons (Fsp3) is 0.222. The fourth-order valence-corrected chi connectivity index (χ4v) is 3.56. The Balaban J connectivity index is 1.66. The van der Waals surface area contributed by atoms with E-state index in [1.54, 1.807) is 19.2 Å². The van der Waals surface area contributed by atoms with Gasteiger partial charge < -0.3 is 0 Å². The minimum Gasteiger partial charge on any atom is -0.296 e. The molecule has 1 saturated carbocycles. The number of aromatic nitrogens is 3. The molecule has 2 aromatic heterocycles. The molecule has 0 atom stereocenters. The third kappa shape index (κ3) is 3.15. The highest BCUT2D eigenvalue weighted by atomic mass is 32.1. The molecular weight excluding hydrogens is 355 g/mol. The van der Waals surface area contributed by atoms with Crippen LogP contribution in [0.5, 0.6) is 0 Å². The largest absolute Gasteiger partial charge is 0.296 e. The molecule has 26 heavy (non-hydrogen) atoms. The Morgan fingerprint density at radius 3 is 2.65 bits per heavy atom. The average Bonchev–Trinajstić information content (AvgIpc) is 3.36. The van der Waals surface area contributed by atoms with Crippen molar-refractivity contribution in [3.63, 3.8) is 0 Å². The summed E-state index contributed by atoms with van der Waals surface area (Å²) in [6.07, 6.45) is 3.77. The van der Waals surface area contributed by atoms with Gasteiger partial charge in [0.1, 0.15) is 16.4 Å². The highest BCUT2D eigenvalue weighted by molar-refractivity contribution is 7.15. The van der Waals surface area contributed by atoms with Crippen LogP contribution < -0.4 is 10.9 Å². The molecule has 132 valence electrons. The quantitative estimate of drug-likeness (QED) is 0.765. The summed E-state index contributed by atoms with van der Waals surface area (Å²) in [5, 5.41) is 12.0. The van der Waals surface area contributed by atoms with Crippen molar-refractivity contribution in [2.45, 2.75) is 25.7 Å². The number of amides is 1. The van der Waals surface area contributed by atoms with Gasteiger partial charge >= 0.3 is 0 Å². The summed E-state index contributed by atoms with van der Waals surface area (Å²) in [5.74, 6) is -0.468. The van der Waals surface area contributed by atoms with Crippen molar-refractivity contribution in [1.29, 1.82) is 0 Å². The number of hydrogen-bond acceptors (Lipinski definition) is 5. The average molecular weight is 370 g/mol. The molecule has 1 N–H and O–H groups in total. The molecule has 1 aromatic carbocycles. The maximum absolute atomic E-state index is 13.1. The zero-order chi connectivity index (χ0) is 18.3. The number of hydrogen-bond donors (Lipinski definition) is 1. The van der Waals surface area contributed by atoms with E-state index >= 15 is 0 Å². The zero-order valence-electron chi connectivity index (χ0n) is 13.9. The third-order valence-electron chi connectivity index (χ3n) is 4.22. The van der Waals surface area contributed by atoms with Crippen molar-refractivity contribution in [2.75, 3.05) is 5.32 Å². The standard InChI is InChI=1S/C18H15FN4O2S/c1-10-8-9-23(13-6-4-12(19)5-7-13)17(25)14(10)15(24)20-18-22-21-16(26-18)11-2-3-11/h4-9,11H,2-3H2,1H3,(H,20,22,24). The number of halogens is 1. The van der Waals surface area contributed by atoms with Crippen molar-refractivity contribution in [2.24, 2.45) is 0 Å². The van der Waals surface area contributed by atoms with Crippen LogP contribution in [0.25, 0.3) is 5.69 Å². The molecule has 2 heterocycles. The topological polar surface area (TPSA) is 76.9 Å². The first kappa shape index (κ1) is 16.6. The second kappa shape index (κ2) is 6.45. The molecule has 0 radical (unpaired) electrons. The van der Waals surface area contributed by atoms with Crippen LogP contribution in [-0.2, 0) is 0 Å². The van der Waals surface area contributed by atoms with Crippen LogP contribution in [0, 0.1) is 12.7 Å². The SMILES string of the molecule is Cc1ccn(-c2ccc(F)cc2)c(=O)c1C(=O)Nc1nnc(C2CC2)s1. The molecule has 1 aliphatic rings. The summed E-state index contributed by atoms with van der Waals surface area (Å²) in [6, 6.07) is 7.18. The Morgan fingerprint density at radius 2 is 1.96 bits per heavy atom. The number of carbonyl (C=O) groups is 1. The van der Waals surface area contributed by atoms with E-state index in [0.29, 0.717) is 22.3 Å². The van der Waals surface area contributed by atoms with Crippen LogP contribution >= 0.6 is 11.3 Å². The Labute approximate surface area is 152 Å². The third-order valence-corrected chi connectivity index (χ3v) is 5.22. The second-order valence-corrected chi connectivity index (χ2v) is 7.21. The number of nitrogens with zero attached hydrogens (tertiary/aromatic N) is 3. The Bertz CT molecular complexity index is 1040. The molecule has 1 fully saturated rings. The van der Waals surface area contributed by atoms with Gasteiger partial charge in [0.2, 0.25) is 5.13 Å². The Morgan fingerprint density at radius 1 is 1.23 bits per heavy atom. The van der Waals surface area contributed by atoms with Gasteiger partial charge in [0, 0.05) is 17.8 Å². The smallest absolute Gasteiger partial charge is 0.268 e. The van der Waals surface area contributed by atoms with Crippen molar-refractivity contribution in [3.8, 4) is 5.69 Å². The Kier molecular flexibility index (Phi) is 4.12. The predicted octanol–water partition coefficient (Wildman–Crippen LogP) is 3.27. The first-order chi connectivity index (χ1) is 12.5. The molecule has 0 bridgehead atoms. The maximum Gasteiger partial charge on any atom is 0.268 e. The van der Waals surface area contributed by atoms with Gasteiger partial charge in [0.25, 0.3) is 11.5 Å². The first-order valence-electron chi connectivity index (χ1n) is 8.16. The summed E-state index contributed by atoms with van der Waals surface area (Å²) < 4.78 is 14.4. The van der Waals surface area contributed by atoms with E-state index in [-0.39, 0.29) is 5.56 Å². The van der Waals surface area contributed by atoms with Crippen LogP contribution in [0.4, 0.5) is 9.52 Å². The van der Waals surface area contributed by atoms with Gasteiger partial charge in [-0.1, -0.05) is 11.3 Å². The van der Waals surface area contributed by atoms with Crippen molar-refractivity contribution < 1.29 is 9.18 Å². The van der Waals surface area contributed by atoms with Gasteiger partial charge in [-0.3, -0.25) is 19.5 Å². The number of anilines is 1. The Hall–Kier alpha value is -2.87. The molecule has 6 nitrogen and oxygen atoms in total.